The lowest BCUT2D eigenvalue weighted by Crippen LogP contribution is -2.23. The largest absolute Gasteiger partial charge is 0.338 e. The summed E-state index contributed by atoms with van der Waals surface area (Å²) in [4.78, 5) is 16.5. The summed E-state index contributed by atoms with van der Waals surface area (Å²) >= 11 is 1.34. The summed E-state index contributed by atoms with van der Waals surface area (Å²) in [5.74, 6) is 0.612. The number of hydrogen-bond donors (Lipinski definition) is 1. The molecule has 1 heterocycles. The standard InChI is InChI=1S/C19H18FN3O2S/c1-12-7-9-14(10-8-12)18-22-17(25-23-18)11-26-13(2)19(24)21-16-6-4-3-5-15(16)20/h3-10,13H,11H2,1-2H3,(H,21,24). The SMILES string of the molecule is Cc1ccc(-c2noc(CSC(C)C(=O)Nc3ccccc3F)n2)cc1. The number of aryl methyl sites for hydroxylation is 1. The van der Waals surface area contributed by atoms with Gasteiger partial charge in [-0.05, 0) is 26.0 Å². The molecule has 1 unspecified atom stereocenters. The number of halogens is 1. The van der Waals surface area contributed by atoms with E-state index in [1.165, 1.54) is 23.9 Å². The Balaban J connectivity index is 1.56. The predicted molar refractivity (Wildman–Crippen MR) is 100 cm³/mol. The van der Waals surface area contributed by atoms with Crippen molar-refractivity contribution in [3.63, 3.8) is 0 Å². The van der Waals surface area contributed by atoms with Crippen LogP contribution in [0, 0.1) is 12.7 Å². The molecule has 0 saturated heterocycles. The molecule has 0 radical (unpaired) electrons. The number of anilines is 1. The summed E-state index contributed by atoms with van der Waals surface area (Å²) in [5, 5.41) is 6.15. The van der Waals surface area contributed by atoms with Gasteiger partial charge in [-0.1, -0.05) is 47.1 Å². The van der Waals surface area contributed by atoms with Crippen molar-refractivity contribution in [3.05, 3.63) is 65.8 Å². The molecule has 5 nitrogen and oxygen atoms in total. The first-order valence-electron chi connectivity index (χ1n) is 8.09. The van der Waals surface area contributed by atoms with E-state index in [1.807, 2.05) is 31.2 Å². The average molecular weight is 371 g/mol. The topological polar surface area (TPSA) is 68.0 Å². The number of thioether (sulfide) groups is 1. The molecular formula is C19H18FN3O2S. The van der Waals surface area contributed by atoms with Crippen molar-refractivity contribution in [2.75, 3.05) is 5.32 Å². The normalized spacial score (nSPS) is 12.0. The Morgan fingerprint density at radius 3 is 2.69 bits per heavy atom. The maximum atomic E-state index is 13.6. The van der Waals surface area contributed by atoms with Gasteiger partial charge in [0.1, 0.15) is 5.82 Å². The fourth-order valence-electron chi connectivity index (χ4n) is 2.20. The minimum absolute atomic E-state index is 0.171. The van der Waals surface area contributed by atoms with Crippen molar-refractivity contribution in [2.24, 2.45) is 0 Å². The molecule has 1 aromatic heterocycles. The van der Waals surface area contributed by atoms with Gasteiger partial charge >= 0.3 is 0 Å². The third-order valence-electron chi connectivity index (χ3n) is 3.74. The van der Waals surface area contributed by atoms with Crippen LogP contribution in [0.4, 0.5) is 10.1 Å². The summed E-state index contributed by atoms with van der Waals surface area (Å²) < 4.78 is 18.8. The Morgan fingerprint density at radius 1 is 1.23 bits per heavy atom. The summed E-state index contributed by atoms with van der Waals surface area (Å²) in [5.41, 5.74) is 2.20. The van der Waals surface area contributed by atoms with Crippen LogP contribution in [-0.4, -0.2) is 21.3 Å². The van der Waals surface area contributed by atoms with Gasteiger partial charge in [0, 0.05) is 5.56 Å². The van der Waals surface area contributed by atoms with Crippen molar-refractivity contribution < 1.29 is 13.7 Å². The number of para-hydroxylation sites is 1. The van der Waals surface area contributed by atoms with Crippen LogP contribution in [0.5, 0.6) is 0 Å². The Morgan fingerprint density at radius 2 is 1.96 bits per heavy atom. The molecule has 0 spiro atoms. The average Bonchev–Trinajstić information content (AvgIpc) is 3.11. The molecule has 7 heteroatoms. The molecule has 3 rings (SSSR count). The lowest BCUT2D eigenvalue weighted by molar-refractivity contribution is -0.115. The Bertz CT molecular complexity index is 896. The highest BCUT2D eigenvalue weighted by molar-refractivity contribution is 7.99. The van der Waals surface area contributed by atoms with Gasteiger partial charge in [0.25, 0.3) is 0 Å². The van der Waals surface area contributed by atoms with Crippen molar-refractivity contribution in [3.8, 4) is 11.4 Å². The van der Waals surface area contributed by atoms with Crippen LogP contribution < -0.4 is 5.32 Å². The number of aromatic nitrogens is 2. The lowest BCUT2D eigenvalue weighted by Gasteiger charge is -2.11. The van der Waals surface area contributed by atoms with Gasteiger partial charge in [0.2, 0.25) is 17.6 Å². The van der Waals surface area contributed by atoms with Crippen LogP contribution in [0.1, 0.15) is 18.4 Å². The smallest absolute Gasteiger partial charge is 0.237 e. The monoisotopic (exact) mass is 371 g/mol. The zero-order valence-electron chi connectivity index (χ0n) is 14.4. The summed E-state index contributed by atoms with van der Waals surface area (Å²) in [6, 6.07) is 13.9. The van der Waals surface area contributed by atoms with Crippen LogP contribution >= 0.6 is 11.8 Å². The molecule has 0 bridgehead atoms. The van der Waals surface area contributed by atoms with E-state index in [0.29, 0.717) is 17.5 Å². The van der Waals surface area contributed by atoms with E-state index in [1.54, 1.807) is 19.1 Å². The molecule has 134 valence electrons. The van der Waals surface area contributed by atoms with Gasteiger partial charge in [-0.15, -0.1) is 11.8 Å². The highest BCUT2D eigenvalue weighted by Gasteiger charge is 2.17. The minimum Gasteiger partial charge on any atom is -0.338 e. The van der Waals surface area contributed by atoms with Gasteiger partial charge in [0.15, 0.2) is 0 Å². The summed E-state index contributed by atoms with van der Waals surface area (Å²) in [6.45, 7) is 3.76. The van der Waals surface area contributed by atoms with Crippen LogP contribution in [0.25, 0.3) is 11.4 Å². The molecule has 3 aromatic rings. The highest BCUT2D eigenvalue weighted by atomic mass is 32.2. The zero-order chi connectivity index (χ0) is 18.5. The zero-order valence-corrected chi connectivity index (χ0v) is 15.2. The third-order valence-corrected chi connectivity index (χ3v) is 4.86. The second kappa shape index (κ2) is 8.14. The number of carbonyl (C=O) groups is 1. The van der Waals surface area contributed by atoms with Crippen molar-refractivity contribution in [1.29, 1.82) is 0 Å². The number of carbonyl (C=O) groups excluding carboxylic acids is 1. The van der Waals surface area contributed by atoms with Gasteiger partial charge in [0.05, 0.1) is 16.7 Å². The van der Waals surface area contributed by atoms with E-state index in [-0.39, 0.29) is 11.6 Å². The second-order valence-electron chi connectivity index (χ2n) is 5.80. The number of benzene rings is 2. The Labute approximate surface area is 155 Å². The lowest BCUT2D eigenvalue weighted by atomic mass is 10.1. The maximum absolute atomic E-state index is 13.6. The minimum atomic E-state index is -0.460. The molecular weight excluding hydrogens is 353 g/mol. The molecule has 26 heavy (non-hydrogen) atoms. The number of amides is 1. The molecule has 0 fully saturated rings. The molecule has 1 atom stereocenters. The fraction of sp³-hybridized carbons (Fsp3) is 0.211. The second-order valence-corrected chi connectivity index (χ2v) is 7.13. The number of nitrogens with zero attached hydrogens (tertiary/aromatic N) is 2. The van der Waals surface area contributed by atoms with E-state index < -0.39 is 11.1 Å². The Hall–Kier alpha value is -2.67. The van der Waals surface area contributed by atoms with Gasteiger partial charge in [-0.3, -0.25) is 4.79 Å². The van der Waals surface area contributed by atoms with Crippen LogP contribution in [-0.2, 0) is 10.5 Å². The first-order valence-corrected chi connectivity index (χ1v) is 9.14. The van der Waals surface area contributed by atoms with E-state index in [0.717, 1.165) is 11.1 Å². The van der Waals surface area contributed by atoms with Crippen LogP contribution in [0.15, 0.2) is 53.1 Å². The summed E-state index contributed by atoms with van der Waals surface area (Å²) in [6.07, 6.45) is 0. The van der Waals surface area contributed by atoms with Crippen LogP contribution in [0.3, 0.4) is 0 Å². The number of rotatable bonds is 6. The first-order chi connectivity index (χ1) is 12.5. The van der Waals surface area contributed by atoms with Crippen molar-refractivity contribution in [1.82, 2.24) is 10.1 Å². The first kappa shape index (κ1) is 18.1. The van der Waals surface area contributed by atoms with Gasteiger partial charge in [-0.2, -0.15) is 4.98 Å². The molecule has 0 aliphatic heterocycles. The Kier molecular flexibility index (Phi) is 5.68. The maximum Gasteiger partial charge on any atom is 0.237 e. The number of nitrogens with one attached hydrogen (secondary N) is 1. The number of hydrogen-bond acceptors (Lipinski definition) is 5. The molecule has 2 aromatic carbocycles. The van der Waals surface area contributed by atoms with E-state index in [2.05, 4.69) is 15.5 Å². The van der Waals surface area contributed by atoms with Gasteiger partial charge in [-0.25, -0.2) is 4.39 Å². The highest BCUT2D eigenvalue weighted by Crippen LogP contribution is 2.22. The molecule has 1 N–H and O–H groups in total. The quantitative estimate of drug-likeness (QED) is 0.694. The molecule has 0 aliphatic rings. The van der Waals surface area contributed by atoms with E-state index in [4.69, 9.17) is 4.52 Å². The van der Waals surface area contributed by atoms with E-state index in [9.17, 15) is 9.18 Å². The molecule has 0 saturated carbocycles. The summed E-state index contributed by atoms with van der Waals surface area (Å²) in [7, 11) is 0. The van der Waals surface area contributed by atoms with E-state index >= 15 is 0 Å². The van der Waals surface area contributed by atoms with Crippen molar-refractivity contribution >= 4 is 23.4 Å². The van der Waals surface area contributed by atoms with Crippen molar-refractivity contribution in [2.45, 2.75) is 24.9 Å². The molecule has 1 amide bonds. The van der Waals surface area contributed by atoms with Crippen LogP contribution in [0.2, 0.25) is 0 Å². The van der Waals surface area contributed by atoms with Gasteiger partial charge < -0.3 is 9.84 Å². The molecule has 0 aliphatic carbocycles. The fourth-order valence-corrected chi connectivity index (χ4v) is 2.92. The third kappa shape index (κ3) is 4.49. The predicted octanol–water partition coefficient (Wildman–Crippen LogP) is 4.44.